The van der Waals surface area contributed by atoms with Crippen LogP contribution in [0.4, 0.5) is 0 Å². The average molecular weight is 232 g/mol. The highest BCUT2D eigenvalue weighted by Gasteiger charge is 2.09. The summed E-state index contributed by atoms with van der Waals surface area (Å²) in [5, 5.41) is 10.6. The van der Waals surface area contributed by atoms with Crippen molar-refractivity contribution in [2.45, 2.75) is 19.5 Å². The molecule has 0 radical (unpaired) electrons. The summed E-state index contributed by atoms with van der Waals surface area (Å²) in [5.74, 6) is 0.157. The molecule has 0 bridgehead atoms. The summed E-state index contributed by atoms with van der Waals surface area (Å²) in [7, 11) is -2.90. The number of hydrogen-bond donors (Lipinski definition) is 1. The van der Waals surface area contributed by atoms with Crippen molar-refractivity contribution >= 4 is 9.84 Å². The molecular weight excluding hydrogens is 216 g/mol. The lowest BCUT2D eigenvalue weighted by Crippen LogP contribution is -2.34. The van der Waals surface area contributed by atoms with Crippen LogP contribution in [-0.2, 0) is 16.4 Å². The predicted molar refractivity (Wildman–Crippen MR) is 57.2 cm³/mol. The van der Waals surface area contributed by atoms with E-state index in [2.05, 4.69) is 15.6 Å². The minimum absolute atomic E-state index is 0.0384. The topological polar surface area (TPSA) is 76.9 Å². The number of rotatable bonds is 6. The molecule has 1 rings (SSSR count). The lowest BCUT2D eigenvalue weighted by Gasteiger charge is -2.11. The molecular formula is C8H16N4O2S. The minimum Gasteiger partial charge on any atom is -0.311 e. The van der Waals surface area contributed by atoms with Gasteiger partial charge in [-0.25, -0.2) is 8.42 Å². The van der Waals surface area contributed by atoms with Gasteiger partial charge in [0.1, 0.15) is 9.84 Å². The van der Waals surface area contributed by atoms with Gasteiger partial charge in [0.2, 0.25) is 0 Å². The number of nitrogens with one attached hydrogen (secondary N) is 1. The summed E-state index contributed by atoms with van der Waals surface area (Å²) < 4.78 is 23.6. The Bertz CT molecular complexity index is 373. The van der Waals surface area contributed by atoms with Crippen molar-refractivity contribution in [3.8, 4) is 0 Å². The molecule has 1 N–H and O–H groups in total. The van der Waals surface area contributed by atoms with Crippen LogP contribution >= 0.6 is 0 Å². The number of aromatic nitrogens is 3. The first kappa shape index (κ1) is 12.1. The van der Waals surface area contributed by atoms with Crippen molar-refractivity contribution in [3.63, 3.8) is 0 Å². The van der Waals surface area contributed by atoms with E-state index >= 15 is 0 Å². The molecule has 0 aliphatic carbocycles. The van der Waals surface area contributed by atoms with Gasteiger partial charge in [0.05, 0.1) is 18.5 Å². The number of nitrogens with zero attached hydrogens (tertiary/aromatic N) is 3. The second kappa shape index (κ2) is 5.22. The van der Waals surface area contributed by atoms with Crippen LogP contribution < -0.4 is 5.32 Å². The van der Waals surface area contributed by atoms with E-state index < -0.39 is 9.84 Å². The summed E-state index contributed by atoms with van der Waals surface area (Å²) in [6.45, 7) is 3.22. The molecule has 1 aromatic heterocycles. The Balaban J connectivity index is 2.20. The van der Waals surface area contributed by atoms with Crippen LogP contribution in [0.25, 0.3) is 0 Å². The molecule has 7 heteroatoms. The van der Waals surface area contributed by atoms with E-state index in [0.717, 1.165) is 0 Å². The fraction of sp³-hybridized carbons (Fsp3) is 0.750. The summed E-state index contributed by atoms with van der Waals surface area (Å²) in [6.07, 6.45) is 4.62. The molecule has 1 heterocycles. The summed E-state index contributed by atoms with van der Waals surface area (Å²) in [4.78, 5) is 0. The Hall–Kier alpha value is -0.950. The van der Waals surface area contributed by atoms with E-state index in [9.17, 15) is 8.42 Å². The van der Waals surface area contributed by atoms with Crippen LogP contribution in [-0.4, -0.2) is 48.0 Å². The van der Waals surface area contributed by atoms with Gasteiger partial charge in [0.25, 0.3) is 0 Å². The zero-order valence-corrected chi connectivity index (χ0v) is 9.74. The Kier molecular flexibility index (Phi) is 4.22. The first-order valence-corrected chi connectivity index (χ1v) is 6.78. The second-order valence-electron chi connectivity index (χ2n) is 3.61. The van der Waals surface area contributed by atoms with Crippen molar-refractivity contribution in [1.82, 2.24) is 20.3 Å². The predicted octanol–water partition coefficient (Wildman–Crippen LogP) is -0.699. The van der Waals surface area contributed by atoms with Crippen LogP contribution in [0.3, 0.4) is 0 Å². The van der Waals surface area contributed by atoms with Gasteiger partial charge in [-0.2, -0.15) is 0 Å². The average Bonchev–Trinajstić information content (AvgIpc) is 2.53. The first-order valence-electron chi connectivity index (χ1n) is 4.72. The highest BCUT2D eigenvalue weighted by atomic mass is 32.2. The highest BCUT2D eigenvalue weighted by Crippen LogP contribution is 1.90. The molecule has 0 aliphatic rings. The van der Waals surface area contributed by atoms with Crippen LogP contribution in [0.2, 0.25) is 0 Å². The van der Waals surface area contributed by atoms with Crippen molar-refractivity contribution in [3.05, 3.63) is 12.4 Å². The standard InChI is InChI=1S/C8H16N4O2S/c1-8(7-15(2,13)14)9-3-5-12-6-4-10-11-12/h4,6,8-9H,3,5,7H2,1-2H3. The largest absolute Gasteiger partial charge is 0.311 e. The van der Waals surface area contributed by atoms with Crippen LogP contribution in [0.1, 0.15) is 6.92 Å². The van der Waals surface area contributed by atoms with Crippen LogP contribution in [0.15, 0.2) is 12.4 Å². The molecule has 86 valence electrons. The van der Waals surface area contributed by atoms with Gasteiger partial charge in [-0.1, -0.05) is 5.21 Å². The Labute approximate surface area is 89.6 Å². The van der Waals surface area contributed by atoms with Crippen molar-refractivity contribution in [1.29, 1.82) is 0 Å². The number of hydrogen-bond acceptors (Lipinski definition) is 5. The van der Waals surface area contributed by atoms with Gasteiger partial charge in [0.15, 0.2) is 0 Å². The molecule has 0 aromatic carbocycles. The summed E-state index contributed by atoms with van der Waals surface area (Å²) in [6, 6.07) is -0.0384. The Morgan fingerprint density at radius 1 is 1.53 bits per heavy atom. The van der Waals surface area contributed by atoms with E-state index in [4.69, 9.17) is 0 Å². The molecule has 0 fully saturated rings. The van der Waals surface area contributed by atoms with E-state index in [-0.39, 0.29) is 11.8 Å². The minimum atomic E-state index is -2.90. The first-order chi connectivity index (χ1) is 6.97. The highest BCUT2D eigenvalue weighted by molar-refractivity contribution is 7.90. The summed E-state index contributed by atoms with van der Waals surface area (Å²) in [5.41, 5.74) is 0. The molecule has 1 unspecified atom stereocenters. The van der Waals surface area contributed by atoms with Crippen molar-refractivity contribution in [2.24, 2.45) is 0 Å². The van der Waals surface area contributed by atoms with E-state index in [1.807, 2.05) is 6.92 Å². The maximum absolute atomic E-state index is 11.0. The molecule has 0 saturated heterocycles. The van der Waals surface area contributed by atoms with Crippen molar-refractivity contribution < 1.29 is 8.42 Å². The van der Waals surface area contributed by atoms with Crippen LogP contribution in [0, 0.1) is 0 Å². The van der Waals surface area contributed by atoms with Gasteiger partial charge >= 0.3 is 0 Å². The molecule has 0 aliphatic heterocycles. The van der Waals surface area contributed by atoms with E-state index in [0.29, 0.717) is 13.1 Å². The second-order valence-corrected chi connectivity index (χ2v) is 5.80. The Morgan fingerprint density at radius 2 is 2.27 bits per heavy atom. The van der Waals surface area contributed by atoms with Gasteiger partial charge < -0.3 is 5.32 Å². The fourth-order valence-electron chi connectivity index (χ4n) is 1.29. The number of sulfone groups is 1. The van der Waals surface area contributed by atoms with E-state index in [1.165, 1.54) is 6.26 Å². The zero-order chi connectivity index (χ0) is 11.3. The monoisotopic (exact) mass is 232 g/mol. The molecule has 15 heavy (non-hydrogen) atoms. The van der Waals surface area contributed by atoms with Crippen molar-refractivity contribution in [2.75, 3.05) is 18.6 Å². The molecule has 6 nitrogen and oxygen atoms in total. The fourth-order valence-corrected chi connectivity index (χ4v) is 2.32. The third-order valence-electron chi connectivity index (χ3n) is 1.86. The third-order valence-corrected chi connectivity index (χ3v) is 2.96. The lowest BCUT2D eigenvalue weighted by molar-refractivity contribution is 0.503. The SMILES string of the molecule is CC(CS(C)(=O)=O)NCCn1ccnn1. The normalized spacial score (nSPS) is 14.0. The quantitative estimate of drug-likeness (QED) is 0.702. The van der Waals surface area contributed by atoms with Crippen LogP contribution in [0.5, 0.6) is 0 Å². The molecule has 0 spiro atoms. The maximum Gasteiger partial charge on any atom is 0.148 e. The third kappa shape index (κ3) is 5.48. The lowest BCUT2D eigenvalue weighted by atomic mass is 10.4. The summed E-state index contributed by atoms with van der Waals surface area (Å²) >= 11 is 0. The maximum atomic E-state index is 11.0. The van der Waals surface area contributed by atoms with Gasteiger partial charge in [0, 0.05) is 25.0 Å². The molecule has 0 amide bonds. The molecule has 1 atom stereocenters. The van der Waals surface area contributed by atoms with Gasteiger partial charge in [-0.05, 0) is 6.92 Å². The molecule has 1 aromatic rings. The smallest absolute Gasteiger partial charge is 0.148 e. The molecule has 0 saturated carbocycles. The van der Waals surface area contributed by atoms with E-state index in [1.54, 1.807) is 17.1 Å². The Morgan fingerprint density at radius 3 is 2.80 bits per heavy atom. The zero-order valence-electron chi connectivity index (χ0n) is 8.92. The van der Waals surface area contributed by atoms with Gasteiger partial charge in [-0.3, -0.25) is 4.68 Å². The van der Waals surface area contributed by atoms with Gasteiger partial charge in [-0.15, -0.1) is 5.10 Å².